The number of halogens is 1. The molecule has 3 heterocycles. The molecule has 28 heavy (non-hydrogen) atoms. The molecule has 150 valence electrons. The van der Waals surface area contributed by atoms with Crippen LogP contribution in [-0.4, -0.2) is 51.8 Å². The van der Waals surface area contributed by atoms with Gasteiger partial charge in [0.15, 0.2) is 5.82 Å². The Morgan fingerprint density at radius 2 is 2.14 bits per heavy atom. The zero-order valence-electron chi connectivity index (χ0n) is 16.0. The quantitative estimate of drug-likeness (QED) is 0.801. The first-order chi connectivity index (χ1) is 13.6. The van der Waals surface area contributed by atoms with Crippen LogP contribution in [0.25, 0.3) is 0 Å². The summed E-state index contributed by atoms with van der Waals surface area (Å²) in [6.45, 7) is 4.68. The van der Waals surface area contributed by atoms with Crippen molar-refractivity contribution >= 4 is 17.5 Å². The van der Waals surface area contributed by atoms with Crippen LogP contribution in [-0.2, 0) is 16.1 Å². The van der Waals surface area contributed by atoms with Gasteiger partial charge in [-0.2, -0.15) is 5.10 Å². The number of aryl methyl sites for hydroxylation is 1. The number of carbonyl (C=O) groups excluding carboxylic acids is 1. The fourth-order valence-electron chi connectivity index (χ4n) is 4.08. The molecule has 0 saturated carbocycles. The van der Waals surface area contributed by atoms with Gasteiger partial charge in [0.1, 0.15) is 5.82 Å². The Hall–Kier alpha value is -1.96. The van der Waals surface area contributed by atoms with Gasteiger partial charge in [-0.25, -0.2) is 4.98 Å². The molecule has 2 saturated heterocycles. The second kappa shape index (κ2) is 8.59. The van der Waals surface area contributed by atoms with Crippen molar-refractivity contribution in [1.82, 2.24) is 25.4 Å². The summed E-state index contributed by atoms with van der Waals surface area (Å²) in [6.07, 6.45) is 2.38. The molecule has 0 aliphatic carbocycles. The van der Waals surface area contributed by atoms with Crippen molar-refractivity contribution in [3.63, 3.8) is 0 Å². The average Bonchev–Trinajstić information content (AvgIpc) is 3.30. The number of aromatic nitrogens is 3. The normalized spacial score (nSPS) is 23.8. The van der Waals surface area contributed by atoms with E-state index in [9.17, 15) is 4.79 Å². The lowest BCUT2D eigenvalue weighted by Crippen LogP contribution is -2.42. The second-order valence-electron chi connectivity index (χ2n) is 7.64. The lowest BCUT2D eigenvalue weighted by molar-refractivity contribution is -0.128. The predicted octanol–water partition coefficient (Wildman–Crippen LogP) is 2.62. The highest BCUT2D eigenvalue weighted by molar-refractivity contribution is 6.31. The molecular weight excluding hydrogens is 378 g/mol. The Morgan fingerprint density at radius 1 is 1.36 bits per heavy atom. The first-order valence-electron chi connectivity index (χ1n) is 9.84. The van der Waals surface area contributed by atoms with Gasteiger partial charge in [0, 0.05) is 43.3 Å². The fraction of sp³-hybridized carbons (Fsp3) is 0.550. The highest BCUT2D eigenvalue weighted by Crippen LogP contribution is 2.33. The molecule has 2 aliphatic heterocycles. The number of benzene rings is 1. The Kier molecular flexibility index (Phi) is 5.94. The molecule has 4 rings (SSSR count). The first kappa shape index (κ1) is 19.4. The highest BCUT2D eigenvalue weighted by Gasteiger charge is 2.37. The molecule has 2 aromatic rings. The summed E-state index contributed by atoms with van der Waals surface area (Å²) in [5.41, 5.74) is 1.07. The molecule has 8 heteroatoms. The van der Waals surface area contributed by atoms with E-state index in [-0.39, 0.29) is 23.9 Å². The maximum Gasteiger partial charge on any atom is 0.223 e. The van der Waals surface area contributed by atoms with Gasteiger partial charge in [-0.3, -0.25) is 14.8 Å². The van der Waals surface area contributed by atoms with Crippen LogP contribution in [0.4, 0.5) is 0 Å². The number of H-pyrrole nitrogens is 1. The van der Waals surface area contributed by atoms with Crippen LogP contribution in [0.3, 0.4) is 0 Å². The van der Waals surface area contributed by atoms with Crippen LogP contribution in [0.1, 0.15) is 42.5 Å². The second-order valence-corrected chi connectivity index (χ2v) is 8.05. The van der Waals surface area contributed by atoms with Crippen molar-refractivity contribution in [3.8, 4) is 0 Å². The summed E-state index contributed by atoms with van der Waals surface area (Å²) < 4.78 is 5.37. The lowest BCUT2D eigenvalue weighted by atomic mass is 9.99. The average molecular weight is 404 g/mol. The molecule has 0 bridgehead atoms. The van der Waals surface area contributed by atoms with Crippen molar-refractivity contribution in [2.45, 2.75) is 44.8 Å². The van der Waals surface area contributed by atoms with Crippen LogP contribution >= 0.6 is 11.6 Å². The minimum absolute atomic E-state index is 0.0428. The Bertz CT molecular complexity index is 820. The molecule has 0 unspecified atom stereocenters. The number of carbonyl (C=O) groups is 1. The lowest BCUT2D eigenvalue weighted by Gasteiger charge is -2.24. The zero-order valence-corrected chi connectivity index (χ0v) is 16.8. The standard InChI is InChI=1S/C20H26ClN5O2/c1-13-22-19(25-24-13)18-10-16(23-20(27)14-6-8-28-9-7-14)12-26(18)11-15-4-2-3-5-17(15)21/h2-5,14,16,18H,6-12H2,1H3,(H,23,27)(H,22,24,25)/t16-,18-/m0/s1. The highest BCUT2D eigenvalue weighted by atomic mass is 35.5. The molecule has 2 atom stereocenters. The maximum absolute atomic E-state index is 12.7. The smallest absolute Gasteiger partial charge is 0.223 e. The summed E-state index contributed by atoms with van der Waals surface area (Å²) in [5, 5.41) is 11.3. The summed E-state index contributed by atoms with van der Waals surface area (Å²) >= 11 is 6.38. The molecule has 2 aliphatic rings. The number of ether oxygens (including phenoxy) is 1. The van der Waals surface area contributed by atoms with Crippen molar-refractivity contribution in [1.29, 1.82) is 0 Å². The van der Waals surface area contributed by atoms with E-state index < -0.39 is 0 Å². The molecule has 1 amide bonds. The SMILES string of the molecule is Cc1nc([C@@H]2C[C@H](NC(=O)C3CCOCC3)CN2Cc2ccccc2Cl)n[nH]1. The van der Waals surface area contributed by atoms with Crippen LogP contribution < -0.4 is 5.32 Å². The number of nitrogens with zero attached hydrogens (tertiary/aromatic N) is 3. The molecule has 1 aromatic heterocycles. The number of aromatic amines is 1. The largest absolute Gasteiger partial charge is 0.381 e. The zero-order chi connectivity index (χ0) is 19.5. The Balaban J connectivity index is 1.48. The molecule has 1 aromatic carbocycles. The van der Waals surface area contributed by atoms with Gasteiger partial charge in [-0.05, 0) is 37.8 Å². The number of rotatable bonds is 5. The topological polar surface area (TPSA) is 83.1 Å². The van der Waals surface area contributed by atoms with Crippen LogP contribution in [0.5, 0.6) is 0 Å². The van der Waals surface area contributed by atoms with E-state index in [0.29, 0.717) is 19.8 Å². The molecule has 2 N–H and O–H groups in total. The molecule has 7 nitrogen and oxygen atoms in total. The van der Waals surface area contributed by atoms with Gasteiger partial charge in [0.2, 0.25) is 5.91 Å². The minimum atomic E-state index is 0.0428. The third kappa shape index (κ3) is 4.37. The van der Waals surface area contributed by atoms with Gasteiger partial charge in [-0.1, -0.05) is 29.8 Å². The monoisotopic (exact) mass is 403 g/mol. The summed E-state index contributed by atoms with van der Waals surface area (Å²) in [4.78, 5) is 19.5. The van der Waals surface area contributed by atoms with Crippen molar-refractivity contribution in [2.75, 3.05) is 19.8 Å². The van der Waals surface area contributed by atoms with E-state index in [2.05, 4.69) is 25.4 Å². The Morgan fingerprint density at radius 3 is 2.86 bits per heavy atom. The van der Waals surface area contributed by atoms with Crippen LogP contribution in [0, 0.1) is 12.8 Å². The fourth-order valence-corrected chi connectivity index (χ4v) is 4.28. The van der Waals surface area contributed by atoms with Gasteiger partial charge >= 0.3 is 0 Å². The summed E-state index contributed by atoms with van der Waals surface area (Å²) in [5.74, 6) is 1.75. The van der Waals surface area contributed by atoms with E-state index in [1.165, 1.54) is 0 Å². The van der Waals surface area contributed by atoms with E-state index in [4.69, 9.17) is 16.3 Å². The molecule has 0 spiro atoms. The van der Waals surface area contributed by atoms with E-state index in [1.807, 2.05) is 31.2 Å². The summed E-state index contributed by atoms with van der Waals surface area (Å²) in [7, 11) is 0. The number of amides is 1. The summed E-state index contributed by atoms with van der Waals surface area (Å²) in [6, 6.07) is 7.99. The predicted molar refractivity (Wildman–Crippen MR) is 106 cm³/mol. The third-order valence-electron chi connectivity index (χ3n) is 5.59. The third-order valence-corrected chi connectivity index (χ3v) is 5.95. The van der Waals surface area contributed by atoms with E-state index in [0.717, 1.165) is 48.0 Å². The van der Waals surface area contributed by atoms with Crippen molar-refractivity contribution in [3.05, 3.63) is 46.5 Å². The van der Waals surface area contributed by atoms with Crippen molar-refractivity contribution < 1.29 is 9.53 Å². The van der Waals surface area contributed by atoms with Gasteiger partial charge in [-0.15, -0.1) is 0 Å². The molecule has 2 fully saturated rings. The van der Waals surface area contributed by atoms with Gasteiger partial charge < -0.3 is 10.1 Å². The van der Waals surface area contributed by atoms with Crippen molar-refractivity contribution in [2.24, 2.45) is 5.92 Å². The number of nitrogens with one attached hydrogen (secondary N) is 2. The van der Waals surface area contributed by atoms with E-state index in [1.54, 1.807) is 0 Å². The number of hydrogen-bond donors (Lipinski definition) is 2. The van der Waals surface area contributed by atoms with E-state index >= 15 is 0 Å². The number of hydrogen-bond acceptors (Lipinski definition) is 5. The van der Waals surface area contributed by atoms with Crippen LogP contribution in [0.2, 0.25) is 5.02 Å². The van der Waals surface area contributed by atoms with Gasteiger partial charge in [0.05, 0.1) is 6.04 Å². The van der Waals surface area contributed by atoms with Gasteiger partial charge in [0.25, 0.3) is 0 Å². The first-order valence-corrected chi connectivity index (χ1v) is 10.2. The minimum Gasteiger partial charge on any atom is -0.381 e. The molecule has 0 radical (unpaired) electrons. The Labute approximate surface area is 169 Å². The molecular formula is C20H26ClN5O2. The maximum atomic E-state index is 12.7. The number of likely N-dealkylation sites (tertiary alicyclic amines) is 1. The van der Waals surface area contributed by atoms with Crippen LogP contribution in [0.15, 0.2) is 24.3 Å².